The monoisotopic (exact) mass is 574 g/mol. The fraction of sp³-hybridized carbons (Fsp3) is 0.500. The summed E-state index contributed by atoms with van der Waals surface area (Å²) in [6.07, 6.45) is 6.51. The molecule has 2 fully saturated rings. The first kappa shape index (κ1) is 29.8. The summed E-state index contributed by atoms with van der Waals surface area (Å²) in [6.45, 7) is 2.62. The molecule has 5 rings (SSSR count). The van der Waals surface area contributed by atoms with Crippen LogP contribution in [0.4, 0.5) is 0 Å². The number of para-hydroxylation sites is 1. The third kappa shape index (κ3) is 5.95. The Hall–Kier alpha value is -3.65. The Morgan fingerprint density at radius 2 is 1.76 bits per heavy atom. The Morgan fingerprint density at radius 3 is 2.48 bits per heavy atom. The van der Waals surface area contributed by atoms with E-state index in [0.29, 0.717) is 31.1 Å². The van der Waals surface area contributed by atoms with Crippen molar-refractivity contribution in [1.82, 2.24) is 10.2 Å². The number of piperidine rings is 1. The van der Waals surface area contributed by atoms with Crippen molar-refractivity contribution in [2.24, 2.45) is 17.3 Å². The highest BCUT2D eigenvalue weighted by Gasteiger charge is 2.60. The van der Waals surface area contributed by atoms with Crippen LogP contribution < -0.4 is 10.1 Å². The average Bonchev–Trinajstić information content (AvgIpc) is 3.55. The molecule has 4 atom stereocenters. The summed E-state index contributed by atoms with van der Waals surface area (Å²) in [4.78, 5) is 42.8. The number of amides is 2. The lowest BCUT2D eigenvalue weighted by Gasteiger charge is -2.52. The quantitative estimate of drug-likeness (QED) is 0.409. The van der Waals surface area contributed by atoms with Crippen molar-refractivity contribution in [3.63, 3.8) is 0 Å². The minimum absolute atomic E-state index is 0.0269. The second-order valence-corrected chi connectivity index (χ2v) is 11.7. The van der Waals surface area contributed by atoms with Crippen LogP contribution in [0, 0.1) is 17.3 Å². The van der Waals surface area contributed by atoms with Gasteiger partial charge in [0, 0.05) is 24.6 Å². The summed E-state index contributed by atoms with van der Waals surface area (Å²) in [7, 11) is 3.00. The zero-order valence-corrected chi connectivity index (χ0v) is 24.8. The maximum absolute atomic E-state index is 14.2. The van der Waals surface area contributed by atoms with Crippen LogP contribution in [0.3, 0.4) is 0 Å². The third-order valence-corrected chi connectivity index (χ3v) is 9.25. The smallest absolute Gasteiger partial charge is 0.320 e. The molecule has 2 heterocycles. The van der Waals surface area contributed by atoms with E-state index >= 15 is 0 Å². The Balaban J connectivity index is 1.41. The van der Waals surface area contributed by atoms with Crippen molar-refractivity contribution >= 4 is 17.8 Å². The molecular formula is C34H42N2O6. The van der Waals surface area contributed by atoms with Gasteiger partial charge in [0.05, 0.1) is 33.0 Å². The van der Waals surface area contributed by atoms with Gasteiger partial charge in [-0.1, -0.05) is 61.4 Å². The molecule has 2 aromatic rings. The zero-order chi connectivity index (χ0) is 29.7. The molecule has 2 amide bonds. The second-order valence-electron chi connectivity index (χ2n) is 11.7. The normalized spacial score (nSPS) is 25.9. The van der Waals surface area contributed by atoms with E-state index in [1.54, 1.807) is 12.0 Å². The number of rotatable bonds is 10. The minimum atomic E-state index is -1.19. The van der Waals surface area contributed by atoms with E-state index in [-0.39, 0.29) is 30.8 Å². The summed E-state index contributed by atoms with van der Waals surface area (Å²) < 4.78 is 17.4. The predicted molar refractivity (Wildman–Crippen MR) is 158 cm³/mol. The van der Waals surface area contributed by atoms with Gasteiger partial charge >= 0.3 is 5.97 Å². The van der Waals surface area contributed by atoms with Crippen molar-refractivity contribution in [2.45, 2.75) is 70.6 Å². The van der Waals surface area contributed by atoms with Crippen LogP contribution in [0.1, 0.15) is 56.6 Å². The number of hydrogen-bond acceptors (Lipinski definition) is 6. The van der Waals surface area contributed by atoms with Gasteiger partial charge in [-0.15, -0.1) is 0 Å². The Morgan fingerprint density at radius 1 is 1.05 bits per heavy atom. The van der Waals surface area contributed by atoms with Gasteiger partial charge in [-0.2, -0.15) is 0 Å². The van der Waals surface area contributed by atoms with Crippen LogP contribution in [-0.2, 0) is 36.8 Å². The summed E-state index contributed by atoms with van der Waals surface area (Å²) in [5.74, 6) is -0.390. The highest BCUT2D eigenvalue weighted by atomic mass is 16.5. The lowest BCUT2D eigenvalue weighted by Crippen LogP contribution is -2.60. The van der Waals surface area contributed by atoms with Crippen molar-refractivity contribution in [1.29, 1.82) is 0 Å². The molecule has 2 aromatic carbocycles. The van der Waals surface area contributed by atoms with Gasteiger partial charge in [0.1, 0.15) is 11.2 Å². The molecule has 1 saturated heterocycles. The Kier molecular flexibility index (Phi) is 9.31. The molecular weight excluding hydrogens is 532 g/mol. The standard InChI is InChI=1S/C34H42N2O6/c1-23-34(33(39)41-3)21-27(19-31(37)35-18-17-26-15-9-10-16-28(26)40-2)32(38)36(22-24-11-5-4-6-12-24)30(34)20-29(42-23)25-13-7-8-14-25/h4-6,9-12,15-16,20,23,25,27,29H,7-8,13-14,17-19,21-22H2,1-3H3,(H,35,37)/t23-,27+,29-,34+/m1/s1. The van der Waals surface area contributed by atoms with E-state index in [2.05, 4.69) is 5.32 Å². The number of carbonyl (C=O) groups excluding carboxylic acids is 3. The first-order chi connectivity index (χ1) is 20.4. The van der Waals surface area contributed by atoms with E-state index in [0.717, 1.165) is 42.6 Å². The number of methoxy groups -OCH3 is 2. The maximum Gasteiger partial charge on any atom is 0.320 e. The Bertz CT molecular complexity index is 1300. The van der Waals surface area contributed by atoms with Crippen LogP contribution in [0.15, 0.2) is 66.4 Å². The molecule has 0 bridgehead atoms. The van der Waals surface area contributed by atoms with E-state index in [1.807, 2.05) is 67.6 Å². The average molecular weight is 575 g/mol. The maximum atomic E-state index is 14.2. The van der Waals surface area contributed by atoms with Gasteiger partial charge in [0.15, 0.2) is 0 Å². The SMILES string of the molecule is COC(=O)[C@]12C[C@H](CC(=O)NCCc3ccccc3OC)C(=O)N(Cc3ccccc3)C1=C[C@H](C1CCCC1)O[C@@H]2C. The molecule has 0 radical (unpaired) electrons. The number of nitrogens with zero attached hydrogens (tertiary/aromatic N) is 1. The highest BCUT2D eigenvalue weighted by molar-refractivity contribution is 5.92. The van der Waals surface area contributed by atoms with Crippen LogP contribution in [-0.4, -0.2) is 55.7 Å². The largest absolute Gasteiger partial charge is 0.496 e. The van der Waals surface area contributed by atoms with Gasteiger partial charge in [0.25, 0.3) is 0 Å². The number of carbonyl (C=O) groups is 3. The highest BCUT2D eigenvalue weighted by Crippen LogP contribution is 2.52. The first-order valence-electron chi connectivity index (χ1n) is 15.1. The summed E-state index contributed by atoms with van der Waals surface area (Å²) in [6, 6.07) is 17.4. The van der Waals surface area contributed by atoms with E-state index in [1.165, 1.54) is 7.11 Å². The molecule has 42 heavy (non-hydrogen) atoms. The number of fused-ring (bicyclic) bond motifs is 1. The van der Waals surface area contributed by atoms with Crippen LogP contribution >= 0.6 is 0 Å². The number of hydrogen-bond donors (Lipinski definition) is 1. The van der Waals surface area contributed by atoms with E-state index in [9.17, 15) is 14.4 Å². The molecule has 0 unspecified atom stereocenters. The first-order valence-corrected chi connectivity index (χ1v) is 15.1. The number of esters is 1. The fourth-order valence-electron chi connectivity index (χ4n) is 7.02. The molecule has 224 valence electrons. The molecule has 0 spiro atoms. The predicted octanol–water partition coefficient (Wildman–Crippen LogP) is 4.81. The fourth-order valence-corrected chi connectivity index (χ4v) is 7.02. The molecule has 1 saturated carbocycles. The summed E-state index contributed by atoms with van der Waals surface area (Å²) in [5.41, 5.74) is 1.41. The zero-order valence-electron chi connectivity index (χ0n) is 24.8. The second kappa shape index (κ2) is 13.1. The third-order valence-electron chi connectivity index (χ3n) is 9.25. The Labute approximate surface area is 248 Å². The van der Waals surface area contributed by atoms with Gasteiger partial charge in [0.2, 0.25) is 11.8 Å². The molecule has 1 aliphatic carbocycles. The van der Waals surface area contributed by atoms with Crippen LogP contribution in [0.5, 0.6) is 5.75 Å². The van der Waals surface area contributed by atoms with Crippen molar-refractivity contribution < 1.29 is 28.6 Å². The van der Waals surface area contributed by atoms with Gasteiger partial charge in [-0.05, 0) is 61.8 Å². The summed E-state index contributed by atoms with van der Waals surface area (Å²) in [5, 5.41) is 2.97. The molecule has 1 N–H and O–H groups in total. The van der Waals surface area contributed by atoms with Crippen LogP contribution in [0.2, 0.25) is 0 Å². The number of nitrogens with one attached hydrogen (secondary N) is 1. The topological polar surface area (TPSA) is 94.2 Å². The van der Waals surface area contributed by atoms with Crippen LogP contribution in [0.25, 0.3) is 0 Å². The van der Waals surface area contributed by atoms with Crippen molar-refractivity contribution in [2.75, 3.05) is 20.8 Å². The molecule has 8 heteroatoms. The summed E-state index contributed by atoms with van der Waals surface area (Å²) >= 11 is 0. The minimum Gasteiger partial charge on any atom is -0.496 e. The molecule has 3 aliphatic rings. The number of ether oxygens (including phenoxy) is 3. The van der Waals surface area contributed by atoms with Gasteiger partial charge in [-0.3, -0.25) is 14.4 Å². The lowest BCUT2D eigenvalue weighted by molar-refractivity contribution is -0.178. The van der Waals surface area contributed by atoms with Crippen molar-refractivity contribution in [3.8, 4) is 5.75 Å². The van der Waals surface area contributed by atoms with Crippen molar-refractivity contribution in [3.05, 3.63) is 77.5 Å². The van der Waals surface area contributed by atoms with E-state index in [4.69, 9.17) is 14.2 Å². The molecule has 8 nitrogen and oxygen atoms in total. The van der Waals surface area contributed by atoms with E-state index < -0.39 is 23.4 Å². The molecule has 2 aliphatic heterocycles. The lowest BCUT2D eigenvalue weighted by atomic mass is 9.66. The number of benzene rings is 2. The molecule has 0 aromatic heterocycles. The van der Waals surface area contributed by atoms with Gasteiger partial charge in [-0.25, -0.2) is 0 Å². The number of likely N-dealkylation sites (tertiary alicyclic amines) is 1. The van der Waals surface area contributed by atoms with Gasteiger partial charge < -0.3 is 24.4 Å².